The van der Waals surface area contributed by atoms with Gasteiger partial charge in [0.2, 0.25) is 0 Å². The summed E-state index contributed by atoms with van der Waals surface area (Å²) in [5.74, 6) is 0. The molecule has 0 aromatic rings. The van der Waals surface area contributed by atoms with Gasteiger partial charge in [-0.25, -0.2) is 0 Å². The third-order valence-corrected chi connectivity index (χ3v) is 0. The van der Waals surface area contributed by atoms with Gasteiger partial charge in [-0.2, -0.15) is 0 Å². The van der Waals surface area contributed by atoms with Crippen LogP contribution < -0.4 is 0 Å². The van der Waals surface area contributed by atoms with E-state index in [1.807, 2.05) is 0 Å². The molecule has 0 rings (SSSR count). The third kappa shape index (κ3) is 12.9. The van der Waals surface area contributed by atoms with Crippen molar-refractivity contribution in [2.75, 3.05) is 0 Å². The molecule has 0 saturated heterocycles. The molecule has 0 spiro atoms. The summed E-state index contributed by atoms with van der Waals surface area (Å²) in [6, 6.07) is 0. The summed E-state index contributed by atoms with van der Waals surface area (Å²) in [7, 11) is 0. The van der Waals surface area contributed by atoms with E-state index in [2.05, 4.69) is 0 Å². The Hall–Kier alpha value is 0.903. The van der Waals surface area contributed by atoms with Gasteiger partial charge in [-0.05, 0) is 0 Å². The summed E-state index contributed by atoms with van der Waals surface area (Å²) >= 11 is 1.10. The number of hydrogen-bond acceptors (Lipinski definition) is 1. The molecular weight excluding hydrogens is 189 g/mol. The van der Waals surface area contributed by atoms with Crippen LogP contribution in [0, 0.1) is 0 Å². The third-order valence-electron chi connectivity index (χ3n) is 0. The van der Waals surface area contributed by atoms with Crippen LogP contribution in [0.25, 0.3) is 0 Å². The van der Waals surface area contributed by atoms with Crippen LogP contribution in [-0.4, -0.2) is 0 Å². The van der Waals surface area contributed by atoms with Gasteiger partial charge < -0.3 is 5.48 Å². The van der Waals surface area contributed by atoms with Crippen LogP contribution in [0.2, 0.25) is 0 Å². The molecule has 0 radical (unpaired) electrons. The molecule has 0 aliphatic carbocycles. The Morgan fingerprint density at radius 1 is 1.25 bits per heavy atom. The van der Waals surface area contributed by atoms with E-state index in [1.54, 1.807) is 0 Å². The van der Waals surface area contributed by atoms with Crippen molar-refractivity contribution in [2.45, 2.75) is 0 Å². The van der Waals surface area contributed by atoms with Crippen LogP contribution in [0.3, 0.4) is 0 Å². The fraction of sp³-hybridized carbons (Fsp3) is 0. The van der Waals surface area contributed by atoms with Crippen LogP contribution in [0.4, 0.5) is 0 Å². The molecule has 2 nitrogen and oxygen atoms in total. The summed E-state index contributed by atoms with van der Waals surface area (Å²) in [5, 5.41) is 0. The van der Waals surface area contributed by atoms with Crippen LogP contribution >= 0.6 is 0 Å². The van der Waals surface area contributed by atoms with E-state index < -0.39 is 0 Å². The SMILES string of the molecule is [Fe+2].[O-2].[O]=[Ru+]. The summed E-state index contributed by atoms with van der Waals surface area (Å²) in [6.07, 6.45) is 0. The Morgan fingerprint density at radius 3 is 1.25 bits per heavy atom. The van der Waals surface area contributed by atoms with Crippen LogP contribution in [-0.2, 0) is 44.4 Å². The molecule has 0 heterocycles. The topological polar surface area (TPSA) is 45.6 Å². The minimum atomic E-state index is 0. The van der Waals surface area contributed by atoms with E-state index in [9.17, 15) is 0 Å². The first-order chi connectivity index (χ1) is 1.00. The van der Waals surface area contributed by atoms with Gasteiger partial charge in [0.05, 0.1) is 0 Å². The molecule has 0 fully saturated rings. The predicted octanol–water partition coefficient (Wildman–Crippen LogP) is -0.243. The van der Waals surface area contributed by atoms with E-state index >= 15 is 0 Å². The van der Waals surface area contributed by atoms with E-state index in [0.29, 0.717) is 0 Å². The monoisotopic (exact) mass is 190 g/mol. The second-order valence-electron chi connectivity index (χ2n) is 0. The zero-order valence-electron chi connectivity index (χ0n) is 1.52. The van der Waals surface area contributed by atoms with Crippen molar-refractivity contribution < 1.29 is 44.4 Å². The Labute approximate surface area is 44.7 Å². The molecular formula is FeO2Ru+. The fourth-order valence-electron chi connectivity index (χ4n) is 0. The minimum absolute atomic E-state index is 0. The summed E-state index contributed by atoms with van der Waals surface area (Å²) in [6.45, 7) is 0. The summed E-state index contributed by atoms with van der Waals surface area (Å²) in [5.41, 5.74) is 0. The maximum atomic E-state index is 8.18. The molecule has 0 saturated carbocycles. The van der Waals surface area contributed by atoms with Crippen LogP contribution in [0.15, 0.2) is 0 Å². The average Bonchev–Trinajstić information content (AvgIpc) is 1.00. The summed E-state index contributed by atoms with van der Waals surface area (Å²) in [4.78, 5) is 0. The quantitative estimate of drug-likeness (QED) is 0.485. The maximum absolute atomic E-state index is 8.18. The second-order valence-corrected chi connectivity index (χ2v) is 0. The number of rotatable bonds is 0. The normalized spacial score (nSPS) is 1.00. The zero-order valence-corrected chi connectivity index (χ0v) is 4.37. The standard InChI is InChI=1S/Fe.2O.Ru/q+2;;-2;+1. The van der Waals surface area contributed by atoms with E-state index in [0.717, 1.165) is 18.3 Å². The molecule has 0 amide bonds. The molecule has 4 heavy (non-hydrogen) atoms. The van der Waals surface area contributed by atoms with Crippen molar-refractivity contribution in [3.05, 3.63) is 0 Å². The summed E-state index contributed by atoms with van der Waals surface area (Å²) < 4.78 is 8.18. The first-order valence-corrected chi connectivity index (χ1v) is 0.854. The van der Waals surface area contributed by atoms with Gasteiger partial charge >= 0.3 is 38.9 Å². The Bertz CT molecular complexity index is 6.00. The Balaban J connectivity index is -0.00000000500. The van der Waals surface area contributed by atoms with E-state index in [1.165, 1.54) is 0 Å². The molecule has 0 bridgehead atoms. The van der Waals surface area contributed by atoms with Crippen molar-refractivity contribution in [1.82, 2.24) is 0 Å². The first-order valence-electron chi connectivity index (χ1n) is 0.144. The molecule has 0 aromatic heterocycles. The van der Waals surface area contributed by atoms with Gasteiger partial charge in [-0.15, -0.1) is 0 Å². The molecule has 0 aromatic carbocycles. The van der Waals surface area contributed by atoms with Gasteiger partial charge in [0.1, 0.15) is 0 Å². The molecule has 0 unspecified atom stereocenters. The molecule has 0 atom stereocenters. The molecule has 27 valence electrons. The predicted molar refractivity (Wildman–Crippen MR) is 1.37 cm³/mol. The van der Waals surface area contributed by atoms with Gasteiger partial charge in [-0.3, -0.25) is 0 Å². The molecule has 4 heteroatoms. The van der Waals surface area contributed by atoms with Crippen LogP contribution in [0.1, 0.15) is 0 Å². The van der Waals surface area contributed by atoms with E-state index in [-0.39, 0.29) is 22.5 Å². The van der Waals surface area contributed by atoms with Crippen molar-refractivity contribution in [2.24, 2.45) is 0 Å². The fourth-order valence-corrected chi connectivity index (χ4v) is 0. The second kappa shape index (κ2) is 40.3. The number of hydrogen-bond donors (Lipinski definition) is 0. The Kier molecular flexibility index (Phi) is 208. The van der Waals surface area contributed by atoms with Crippen molar-refractivity contribution in [3.63, 3.8) is 0 Å². The van der Waals surface area contributed by atoms with Gasteiger partial charge in [0.15, 0.2) is 0 Å². The van der Waals surface area contributed by atoms with Crippen molar-refractivity contribution in [1.29, 1.82) is 0 Å². The van der Waals surface area contributed by atoms with Crippen LogP contribution in [0.5, 0.6) is 0 Å². The van der Waals surface area contributed by atoms with Gasteiger partial charge in [0.25, 0.3) is 0 Å². The van der Waals surface area contributed by atoms with E-state index in [4.69, 9.17) is 3.57 Å². The van der Waals surface area contributed by atoms with Crippen molar-refractivity contribution in [3.8, 4) is 0 Å². The zero-order chi connectivity index (χ0) is 2.00. The molecule has 0 aliphatic heterocycles. The Morgan fingerprint density at radius 2 is 1.25 bits per heavy atom. The average molecular weight is 189 g/mol. The molecule has 0 N–H and O–H groups in total. The first kappa shape index (κ1) is 20.6. The molecule has 0 aliphatic rings. The van der Waals surface area contributed by atoms with Gasteiger partial charge in [0, 0.05) is 0 Å². The van der Waals surface area contributed by atoms with Gasteiger partial charge in [-0.1, -0.05) is 0 Å². The van der Waals surface area contributed by atoms with Crippen molar-refractivity contribution >= 4 is 0 Å².